The van der Waals surface area contributed by atoms with Gasteiger partial charge in [-0.15, -0.1) is 0 Å². The molecular formula is C28H39NO4Si. The first-order valence-corrected chi connectivity index (χ1v) is 15.7. The molecule has 2 saturated heterocycles. The van der Waals surface area contributed by atoms with Gasteiger partial charge in [0.2, 0.25) is 5.91 Å². The van der Waals surface area contributed by atoms with Gasteiger partial charge in [0, 0.05) is 25.3 Å². The average molecular weight is 482 g/mol. The van der Waals surface area contributed by atoms with E-state index in [-0.39, 0.29) is 24.7 Å². The van der Waals surface area contributed by atoms with Gasteiger partial charge in [0.25, 0.3) is 0 Å². The molecule has 2 aliphatic rings. The SMILES string of the molecule is COc1ccc([Si](C)(C)[C@@H]2[C@@H](C)[C@@H](CCc3ccc(N4CCCC4=O)cc3)O[C@H]2CCO)cc1. The fourth-order valence-electron chi connectivity index (χ4n) is 6.12. The molecule has 184 valence electrons. The van der Waals surface area contributed by atoms with Gasteiger partial charge in [-0.2, -0.15) is 0 Å². The second kappa shape index (κ2) is 10.6. The maximum atomic E-state index is 12.0. The van der Waals surface area contributed by atoms with Gasteiger partial charge in [-0.25, -0.2) is 0 Å². The zero-order valence-corrected chi connectivity index (χ0v) is 22.0. The number of hydrogen-bond acceptors (Lipinski definition) is 4. The number of aryl methyl sites for hydroxylation is 1. The molecule has 34 heavy (non-hydrogen) atoms. The van der Waals surface area contributed by atoms with E-state index in [4.69, 9.17) is 9.47 Å². The normalized spacial score (nSPS) is 25.2. The third-order valence-electron chi connectivity index (χ3n) is 8.02. The molecule has 0 radical (unpaired) electrons. The van der Waals surface area contributed by atoms with Crippen molar-refractivity contribution in [3.05, 3.63) is 54.1 Å². The van der Waals surface area contributed by atoms with E-state index in [0.29, 0.717) is 24.3 Å². The van der Waals surface area contributed by atoms with Crippen molar-refractivity contribution in [1.29, 1.82) is 0 Å². The molecule has 0 aromatic heterocycles. The van der Waals surface area contributed by atoms with E-state index in [9.17, 15) is 9.90 Å². The molecule has 2 heterocycles. The summed E-state index contributed by atoms with van der Waals surface area (Å²) in [5.41, 5.74) is 2.73. The van der Waals surface area contributed by atoms with E-state index in [2.05, 4.69) is 68.5 Å². The molecule has 1 N–H and O–H groups in total. The summed E-state index contributed by atoms with van der Waals surface area (Å²) < 4.78 is 12.0. The van der Waals surface area contributed by atoms with Gasteiger partial charge < -0.3 is 19.5 Å². The van der Waals surface area contributed by atoms with Crippen LogP contribution in [0.4, 0.5) is 5.69 Å². The number of carbonyl (C=O) groups is 1. The number of amides is 1. The Bertz CT molecular complexity index is 959. The number of ether oxygens (including phenoxy) is 2. The first-order valence-electron chi connectivity index (χ1n) is 12.6. The van der Waals surface area contributed by atoms with E-state index in [1.165, 1.54) is 10.8 Å². The van der Waals surface area contributed by atoms with Gasteiger partial charge in [0.05, 0.1) is 27.4 Å². The fourth-order valence-corrected chi connectivity index (χ4v) is 10.2. The summed E-state index contributed by atoms with van der Waals surface area (Å²) in [5, 5.41) is 11.2. The first-order chi connectivity index (χ1) is 16.3. The van der Waals surface area contributed by atoms with Crippen LogP contribution < -0.4 is 14.8 Å². The van der Waals surface area contributed by atoms with Crippen LogP contribution in [0.5, 0.6) is 5.75 Å². The molecule has 6 heteroatoms. The Hall–Kier alpha value is -2.15. The van der Waals surface area contributed by atoms with Gasteiger partial charge in [-0.3, -0.25) is 4.79 Å². The van der Waals surface area contributed by atoms with Crippen molar-refractivity contribution in [2.75, 3.05) is 25.2 Å². The molecular weight excluding hydrogens is 442 g/mol. The van der Waals surface area contributed by atoms with Crippen LogP contribution in [0.15, 0.2) is 48.5 Å². The lowest BCUT2D eigenvalue weighted by atomic mass is 9.95. The van der Waals surface area contributed by atoms with Gasteiger partial charge >= 0.3 is 0 Å². The third-order valence-corrected chi connectivity index (χ3v) is 12.4. The largest absolute Gasteiger partial charge is 0.497 e. The zero-order chi connectivity index (χ0) is 24.3. The fraction of sp³-hybridized carbons (Fsp3) is 0.536. The average Bonchev–Trinajstić information content (AvgIpc) is 3.41. The summed E-state index contributed by atoms with van der Waals surface area (Å²) in [6.45, 7) is 8.19. The molecule has 0 saturated carbocycles. The Labute approximate surface area is 205 Å². The summed E-state index contributed by atoms with van der Waals surface area (Å²) in [5.74, 6) is 1.54. The molecule has 1 amide bonds. The summed E-state index contributed by atoms with van der Waals surface area (Å²) >= 11 is 0. The van der Waals surface area contributed by atoms with E-state index in [1.54, 1.807) is 7.11 Å². The van der Waals surface area contributed by atoms with Crippen LogP contribution in [0.25, 0.3) is 0 Å². The molecule has 0 unspecified atom stereocenters. The minimum atomic E-state index is -1.85. The molecule has 0 aliphatic carbocycles. The topological polar surface area (TPSA) is 59.0 Å². The lowest BCUT2D eigenvalue weighted by Crippen LogP contribution is -2.50. The van der Waals surface area contributed by atoms with Crippen molar-refractivity contribution in [2.24, 2.45) is 5.92 Å². The number of hydrogen-bond donors (Lipinski definition) is 1. The maximum Gasteiger partial charge on any atom is 0.227 e. The highest BCUT2D eigenvalue weighted by Crippen LogP contribution is 2.46. The second-order valence-electron chi connectivity index (χ2n) is 10.4. The number of anilines is 1. The number of aliphatic hydroxyl groups is 1. The predicted molar refractivity (Wildman–Crippen MR) is 140 cm³/mol. The van der Waals surface area contributed by atoms with Gasteiger partial charge in [0.1, 0.15) is 5.75 Å². The Balaban J connectivity index is 1.44. The minimum Gasteiger partial charge on any atom is -0.497 e. The molecule has 2 fully saturated rings. The number of nitrogens with zero attached hydrogens (tertiary/aromatic N) is 1. The van der Waals surface area contributed by atoms with E-state index < -0.39 is 8.07 Å². The van der Waals surface area contributed by atoms with E-state index >= 15 is 0 Å². The monoisotopic (exact) mass is 481 g/mol. The van der Waals surface area contributed by atoms with Crippen molar-refractivity contribution in [3.8, 4) is 5.75 Å². The number of rotatable bonds is 9. The van der Waals surface area contributed by atoms with Crippen LogP contribution in [-0.4, -0.2) is 51.6 Å². The number of benzene rings is 2. The molecule has 0 bridgehead atoms. The van der Waals surface area contributed by atoms with Crippen LogP contribution >= 0.6 is 0 Å². The zero-order valence-electron chi connectivity index (χ0n) is 21.0. The number of carbonyl (C=O) groups excluding carboxylic acids is 1. The van der Waals surface area contributed by atoms with Crippen LogP contribution in [0.1, 0.15) is 38.2 Å². The van der Waals surface area contributed by atoms with Crippen molar-refractivity contribution in [1.82, 2.24) is 0 Å². The lowest BCUT2D eigenvalue weighted by molar-refractivity contribution is -0.117. The Kier molecular flexibility index (Phi) is 7.80. The molecule has 5 nitrogen and oxygen atoms in total. The van der Waals surface area contributed by atoms with Gasteiger partial charge in [-0.05, 0) is 67.0 Å². The minimum absolute atomic E-state index is 0.0947. The van der Waals surface area contributed by atoms with Gasteiger partial charge in [0.15, 0.2) is 0 Å². The quantitative estimate of drug-likeness (QED) is 0.535. The van der Waals surface area contributed by atoms with Crippen molar-refractivity contribution >= 4 is 24.9 Å². The van der Waals surface area contributed by atoms with Crippen LogP contribution in [0, 0.1) is 5.92 Å². The standard InChI is InChI=1S/C28H39NO4Si/c1-20-25(16-9-21-7-10-22(11-8-21)29-18-5-6-27(29)31)33-26(17-19-30)28(20)34(3,4)24-14-12-23(32-2)13-15-24/h7-8,10-15,20,25-26,28,30H,5-6,9,16-19H2,1-4H3/t20-,25+,26-,28+/m0/s1. The third kappa shape index (κ3) is 5.09. The molecule has 2 aromatic carbocycles. The highest BCUT2D eigenvalue weighted by Gasteiger charge is 2.50. The molecule has 0 spiro atoms. The summed E-state index contributed by atoms with van der Waals surface area (Å²) in [6.07, 6.45) is 4.50. The maximum absolute atomic E-state index is 12.0. The van der Waals surface area contributed by atoms with Crippen molar-refractivity contribution in [2.45, 2.75) is 69.9 Å². The Morgan fingerprint density at radius 3 is 2.35 bits per heavy atom. The molecule has 4 rings (SSSR count). The van der Waals surface area contributed by atoms with E-state index in [1.807, 2.05) is 4.90 Å². The highest BCUT2D eigenvalue weighted by molar-refractivity contribution is 6.91. The molecule has 2 aromatic rings. The smallest absolute Gasteiger partial charge is 0.227 e. The predicted octanol–water partition coefficient (Wildman–Crippen LogP) is 4.53. The van der Waals surface area contributed by atoms with Crippen molar-refractivity contribution < 1.29 is 19.4 Å². The van der Waals surface area contributed by atoms with Gasteiger partial charge in [-0.1, -0.05) is 49.5 Å². The Morgan fingerprint density at radius 1 is 1.06 bits per heavy atom. The van der Waals surface area contributed by atoms with E-state index in [0.717, 1.165) is 37.2 Å². The molecule has 2 aliphatic heterocycles. The van der Waals surface area contributed by atoms with Crippen LogP contribution in [0.2, 0.25) is 18.6 Å². The summed E-state index contributed by atoms with van der Waals surface area (Å²) in [4.78, 5) is 13.9. The van der Waals surface area contributed by atoms with Crippen LogP contribution in [0.3, 0.4) is 0 Å². The highest BCUT2D eigenvalue weighted by atomic mass is 28.3. The van der Waals surface area contributed by atoms with Crippen LogP contribution in [-0.2, 0) is 16.0 Å². The summed E-state index contributed by atoms with van der Waals surface area (Å²) in [6, 6.07) is 17.0. The molecule has 4 atom stereocenters. The summed E-state index contributed by atoms with van der Waals surface area (Å²) in [7, 11) is -0.154. The Morgan fingerprint density at radius 2 is 1.76 bits per heavy atom. The first kappa shape index (κ1) is 25.0. The lowest BCUT2D eigenvalue weighted by Gasteiger charge is -2.36. The van der Waals surface area contributed by atoms with Crippen molar-refractivity contribution in [3.63, 3.8) is 0 Å². The second-order valence-corrected chi connectivity index (χ2v) is 15.1. The number of methoxy groups -OCH3 is 1. The number of aliphatic hydroxyl groups excluding tert-OH is 1.